The first-order chi connectivity index (χ1) is 17.6. The van der Waals surface area contributed by atoms with Crippen molar-refractivity contribution in [3.8, 4) is 0 Å². The van der Waals surface area contributed by atoms with Gasteiger partial charge in [0.25, 0.3) is 5.91 Å². The van der Waals surface area contributed by atoms with Crippen LogP contribution in [0.3, 0.4) is 0 Å². The number of ether oxygens (including phenoxy) is 1. The highest BCUT2D eigenvalue weighted by Gasteiger charge is 2.34. The van der Waals surface area contributed by atoms with E-state index >= 15 is 4.39 Å². The van der Waals surface area contributed by atoms with E-state index in [2.05, 4.69) is 19.9 Å². The molecule has 11 heteroatoms. The van der Waals surface area contributed by atoms with Gasteiger partial charge in [0.15, 0.2) is 0 Å². The number of carbonyl (C=O) groups excluding carboxylic acids is 1. The number of nitrogens with zero attached hydrogens (tertiary/aromatic N) is 3. The average molecular weight is 537 g/mol. The minimum atomic E-state index is -4.68. The number of alkyl halides is 3. The SMILES string of the molecule is Cc1nc2ccc(Cl)cn2c1C(=O)NCc1cc(F)c2c(c1)CCN(C1CC=C(OC(F)(F)F)CC1)C2. The van der Waals surface area contributed by atoms with Gasteiger partial charge in [0, 0.05) is 43.9 Å². The Kier molecular flexibility index (Phi) is 6.89. The molecule has 1 amide bonds. The molecule has 0 spiro atoms. The zero-order valence-electron chi connectivity index (χ0n) is 20.0. The smallest absolute Gasteiger partial charge is 0.411 e. The molecule has 1 aromatic carbocycles. The second kappa shape index (κ2) is 9.98. The molecule has 5 rings (SSSR count). The Hall–Kier alpha value is -3.11. The minimum absolute atomic E-state index is 0.0364. The predicted octanol–water partition coefficient (Wildman–Crippen LogP) is 5.70. The summed E-state index contributed by atoms with van der Waals surface area (Å²) >= 11 is 6.08. The lowest BCUT2D eigenvalue weighted by molar-refractivity contribution is -0.307. The second-order valence-electron chi connectivity index (χ2n) is 9.39. The van der Waals surface area contributed by atoms with Crippen LogP contribution in [0.1, 0.15) is 52.1 Å². The first-order valence-electron chi connectivity index (χ1n) is 12.0. The van der Waals surface area contributed by atoms with Gasteiger partial charge in [0.2, 0.25) is 0 Å². The van der Waals surface area contributed by atoms with E-state index in [1.54, 1.807) is 29.7 Å². The number of allylic oxidation sites excluding steroid dienone is 1. The van der Waals surface area contributed by atoms with E-state index in [9.17, 15) is 18.0 Å². The van der Waals surface area contributed by atoms with Crippen LogP contribution >= 0.6 is 11.6 Å². The molecule has 3 heterocycles. The van der Waals surface area contributed by atoms with Gasteiger partial charge in [0.1, 0.15) is 22.9 Å². The molecular weight excluding hydrogens is 512 g/mol. The van der Waals surface area contributed by atoms with Crippen molar-refractivity contribution < 1.29 is 27.1 Å². The third kappa shape index (κ3) is 5.60. The monoisotopic (exact) mass is 536 g/mol. The fourth-order valence-electron chi connectivity index (χ4n) is 5.16. The largest absolute Gasteiger partial charge is 0.572 e. The zero-order valence-corrected chi connectivity index (χ0v) is 20.8. The van der Waals surface area contributed by atoms with Gasteiger partial charge in [-0.1, -0.05) is 17.7 Å². The second-order valence-corrected chi connectivity index (χ2v) is 9.82. The third-order valence-electron chi connectivity index (χ3n) is 6.91. The van der Waals surface area contributed by atoms with Crippen LogP contribution in [0.4, 0.5) is 17.6 Å². The summed E-state index contributed by atoms with van der Waals surface area (Å²) in [5.41, 5.74) is 3.66. The van der Waals surface area contributed by atoms with Gasteiger partial charge >= 0.3 is 6.36 Å². The standard InChI is InChI=1S/C26H25ClF4N4O2/c1-15-24(35-13-18(27)2-7-23(35)33-15)25(36)32-12-16-10-17-8-9-34(14-21(17)22(28)11-16)19-3-5-20(6-4-19)37-26(29,30)31/h2,5,7,10-11,13,19H,3-4,6,8-9,12,14H2,1H3,(H,32,36). The van der Waals surface area contributed by atoms with Gasteiger partial charge in [-0.15, -0.1) is 13.2 Å². The maximum atomic E-state index is 15.1. The first kappa shape index (κ1) is 25.5. The molecule has 1 aliphatic heterocycles. The molecular formula is C26H25ClF4N4O2. The van der Waals surface area contributed by atoms with Crippen molar-refractivity contribution in [1.29, 1.82) is 0 Å². The molecule has 0 saturated heterocycles. The van der Waals surface area contributed by atoms with Gasteiger partial charge in [-0.3, -0.25) is 14.1 Å². The highest BCUT2D eigenvalue weighted by Crippen LogP contribution is 2.32. The number of hydrogen-bond acceptors (Lipinski definition) is 4. The van der Waals surface area contributed by atoms with E-state index in [0.717, 1.165) is 5.56 Å². The highest BCUT2D eigenvalue weighted by atomic mass is 35.5. The van der Waals surface area contributed by atoms with Crippen LogP contribution in [0.15, 0.2) is 42.3 Å². The third-order valence-corrected chi connectivity index (χ3v) is 7.13. The van der Waals surface area contributed by atoms with Gasteiger partial charge in [-0.05, 0) is 61.6 Å². The molecule has 2 aromatic heterocycles. The summed E-state index contributed by atoms with van der Waals surface area (Å²) in [6.45, 7) is 2.96. The quantitative estimate of drug-likeness (QED) is 0.425. The summed E-state index contributed by atoms with van der Waals surface area (Å²) < 4.78 is 58.1. The molecule has 196 valence electrons. The summed E-state index contributed by atoms with van der Waals surface area (Å²) in [5, 5.41) is 3.33. The fourth-order valence-corrected chi connectivity index (χ4v) is 5.32. The Morgan fingerprint density at radius 2 is 2.08 bits per heavy atom. The topological polar surface area (TPSA) is 58.9 Å². The molecule has 0 fully saturated rings. The predicted molar refractivity (Wildman–Crippen MR) is 129 cm³/mol. The average Bonchev–Trinajstić information content (AvgIpc) is 3.17. The maximum Gasteiger partial charge on any atom is 0.572 e. The maximum absolute atomic E-state index is 15.1. The first-order valence-corrected chi connectivity index (χ1v) is 12.4. The van der Waals surface area contributed by atoms with E-state index < -0.39 is 6.36 Å². The summed E-state index contributed by atoms with van der Waals surface area (Å²) in [5.74, 6) is -0.742. The number of nitrogens with one attached hydrogen (secondary N) is 1. The van der Waals surface area contributed by atoms with Crippen LogP contribution < -0.4 is 5.32 Å². The van der Waals surface area contributed by atoms with Crippen LogP contribution in [0.25, 0.3) is 5.65 Å². The van der Waals surface area contributed by atoms with E-state index in [1.165, 1.54) is 12.1 Å². The van der Waals surface area contributed by atoms with Crippen molar-refractivity contribution >= 4 is 23.2 Å². The van der Waals surface area contributed by atoms with Gasteiger partial charge in [0.05, 0.1) is 10.7 Å². The van der Waals surface area contributed by atoms with Gasteiger partial charge in [-0.25, -0.2) is 9.37 Å². The van der Waals surface area contributed by atoms with E-state index in [-0.39, 0.29) is 36.5 Å². The lowest BCUT2D eigenvalue weighted by Gasteiger charge is -2.37. The number of amides is 1. The fraction of sp³-hybridized carbons (Fsp3) is 0.385. The van der Waals surface area contributed by atoms with Gasteiger partial charge < -0.3 is 10.1 Å². The number of carbonyl (C=O) groups is 1. The zero-order chi connectivity index (χ0) is 26.3. The van der Waals surface area contributed by atoms with Crippen molar-refractivity contribution in [3.63, 3.8) is 0 Å². The number of hydrogen-bond donors (Lipinski definition) is 1. The van der Waals surface area contributed by atoms with Crippen molar-refractivity contribution in [1.82, 2.24) is 19.6 Å². The van der Waals surface area contributed by atoms with Crippen molar-refractivity contribution in [2.45, 2.75) is 58.1 Å². The molecule has 37 heavy (non-hydrogen) atoms. The molecule has 2 aliphatic rings. The van der Waals surface area contributed by atoms with E-state index in [1.807, 2.05) is 6.07 Å². The number of aromatic nitrogens is 2. The molecule has 0 bridgehead atoms. The molecule has 0 saturated carbocycles. The number of pyridine rings is 1. The number of fused-ring (bicyclic) bond motifs is 2. The number of rotatable bonds is 5. The molecule has 3 aromatic rings. The summed E-state index contributed by atoms with van der Waals surface area (Å²) in [4.78, 5) is 19.4. The van der Waals surface area contributed by atoms with Crippen molar-refractivity contribution in [3.05, 3.63) is 81.2 Å². The number of benzene rings is 1. The van der Waals surface area contributed by atoms with Crippen LogP contribution in [0.2, 0.25) is 5.02 Å². The number of imidazole rings is 1. The number of aryl methyl sites for hydroxylation is 1. The molecule has 1 aliphatic carbocycles. The minimum Gasteiger partial charge on any atom is -0.411 e. The van der Waals surface area contributed by atoms with Crippen LogP contribution in [0.5, 0.6) is 0 Å². The Morgan fingerprint density at radius 3 is 2.81 bits per heavy atom. The molecule has 0 radical (unpaired) electrons. The van der Waals surface area contributed by atoms with Crippen molar-refractivity contribution in [2.75, 3.05) is 6.54 Å². The van der Waals surface area contributed by atoms with Crippen LogP contribution in [-0.2, 0) is 24.2 Å². The Labute approximate surface area is 215 Å². The number of halogens is 5. The van der Waals surface area contributed by atoms with Crippen molar-refractivity contribution in [2.24, 2.45) is 0 Å². The van der Waals surface area contributed by atoms with Crippen LogP contribution in [-0.4, -0.2) is 39.1 Å². The van der Waals surface area contributed by atoms with E-state index in [4.69, 9.17) is 11.6 Å². The van der Waals surface area contributed by atoms with Crippen LogP contribution in [0, 0.1) is 12.7 Å². The Morgan fingerprint density at radius 1 is 1.27 bits per heavy atom. The normalized spacial score (nSPS) is 18.4. The Balaban J connectivity index is 1.24. The Bertz CT molecular complexity index is 1390. The molecule has 6 nitrogen and oxygen atoms in total. The lowest BCUT2D eigenvalue weighted by atomic mass is 9.92. The highest BCUT2D eigenvalue weighted by molar-refractivity contribution is 6.30. The molecule has 1 N–H and O–H groups in total. The summed E-state index contributed by atoms with van der Waals surface area (Å²) in [7, 11) is 0. The summed E-state index contributed by atoms with van der Waals surface area (Å²) in [6, 6.07) is 6.80. The van der Waals surface area contributed by atoms with Gasteiger partial charge in [-0.2, -0.15) is 0 Å². The molecule has 1 atom stereocenters. The van der Waals surface area contributed by atoms with E-state index in [0.29, 0.717) is 65.5 Å². The summed E-state index contributed by atoms with van der Waals surface area (Å²) in [6.07, 6.45) is 0.207. The molecule has 1 unspecified atom stereocenters. The lowest BCUT2D eigenvalue weighted by Crippen LogP contribution is -2.40.